The molecule has 2 aromatic rings. The molecular formula is C22H29FN2O4S. The average molecular weight is 437 g/mol. The van der Waals surface area contributed by atoms with E-state index in [4.69, 9.17) is 4.74 Å². The van der Waals surface area contributed by atoms with Crippen molar-refractivity contribution in [3.8, 4) is 16.9 Å². The molecule has 0 saturated carbocycles. The van der Waals surface area contributed by atoms with Crippen molar-refractivity contribution in [3.63, 3.8) is 0 Å². The molecule has 0 amide bonds. The first kappa shape index (κ1) is 22.7. The number of sulfonamides is 1. The summed E-state index contributed by atoms with van der Waals surface area (Å²) in [6, 6.07) is 10.4. The molecule has 30 heavy (non-hydrogen) atoms. The van der Waals surface area contributed by atoms with Crippen LogP contribution in [0.2, 0.25) is 0 Å². The van der Waals surface area contributed by atoms with Gasteiger partial charge in [0.05, 0.1) is 6.61 Å². The second-order valence-corrected chi connectivity index (χ2v) is 10.0. The topological polar surface area (TPSA) is 70.1 Å². The highest BCUT2D eigenvalue weighted by Gasteiger charge is 2.38. The van der Waals surface area contributed by atoms with Crippen LogP contribution in [0.15, 0.2) is 47.4 Å². The van der Waals surface area contributed by atoms with Crippen LogP contribution in [0.4, 0.5) is 4.39 Å². The Bertz CT molecular complexity index is 996. The minimum absolute atomic E-state index is 0.0264. The zero-order valence-corrected chi connectivity index (χ0v) is 18.6. The molecule has 1 aliphatic heterocycles. The zero-order chi connectivity index (χ0) is 22.1. The van der Waals surface area contributed by atoms with Crippen molar-refractivity contribution in [2.45, 2.75) is 30.9 Å². The van der Waals surface area contributed by atoms with Crippen molar-refractivity contribution in [1.82, 2.24) is 9.21 Å². The molecule has 1 heterocycles. The lowest BCUT2D eigenvalue weighted by Crippen LogP contribution is -2.49. The molecule has 0 saturated heterocycles. The molecule has 6 nitrogen and oxygen atoms in total. The SMILES string of the molecule is C[C@@H]1CN([C@H](C)CO)S(=O)(=O)c2ccc(-c3ccccc3F)cc2O[C@@H]1CN(C)C. The fraction of sp³-hybridized carbons (Fsp3) is 0.455. The van der Waals surface area contributed by atoms with Crippen molar-refractivity contribution < 1.29 is 22.7 Å². The molecule has 0 unspecified atom stereocenters. The van der Waals surface area contributed by atoms with E-state index in [-0.39, 0.29) is 41.6 Å². The van der Waals surface area contributed by atoms with Gasteiger partial charge in [0.2, 0.25) is 10.0 Å². The van der Waals surface area contributed by atoms with Gasteiger partial charge in [-0.1, -0.05) is 31.2 Å². The van der Waals surface area contributed by atoms with Gasteiger partial charge in [0, 0.05) is 30.6 Å². The van der Waals surface area contributed by atoms with Crippen LogP contribution >= 0.6 is 0 Å². The predicted molar refractivity (Wildman–Crippen MR) is 114 cm³/mol. The van der Waals surface area contributed by atoms with E-state index in [1.807, 2.05) is 25.9 Å². The summed E-state index contributed by atoms with van der Waals surface area (Å²) in [6.07, 6.45) is -0.279. The summed E-state index contributed by atoms with van der Waals surface area (Å²) >= 11 is 0. The molecule has 0 fully saturated rings. The number of ether oxygens (including phenoxy) is 1. The standard InChI is InChI=1S/C22H29FN2O4S/c1-15-12-25(16(2)14-26)30(27,28)22-10-9-17(18-7-5-6-8-19(18)23)11-20(22)29-21(15)13-24(3)4/h5-11,15-16,21,26H,12-14H2,1-4H3/t15-,16-,21-/m1/s1. The van der Waals surface area contributed by atoms with Crippen LogP contribution in [0.25, 0.3) is 11.1 Å². The van der Waals surface area contributed by atoms with Gasteiger partial charge in [-0.05, 0) is 44.8 Å². The number of likely N-dealkylation sites (N-methyl/N-ethyl adjacent to an activating group) is 1. The van der Waals surface area contributed by atoms with E-state index in [0.717, 1.165) is 0 Å². The van der Waals surface area contributed by atoms with E-state index in [1.54, 1.807) is 37.3 Å². The van der Waals surface area contributed by atoms with Gasteiger partial charge in [0.25, 0.3) is 0 Å². The largest absolute Gasteiger partial charge is 0.487 e. The molecule has 8 heteroatoms. The number of aliphatic hydroxyl groups is 1. The van der Waals surface area contributed by atoms with E-state index in [0.29, 0.717) is 17.7 Å². The van der Waals surface area contributed by atoms with Gasteiger partial charge in [0.15, 0.2) is 0 Å². The summed E-state index contributed by atoms with van der Waals surface area (Å²) in [5.74, 6) is -0.314. The molecule has 1 N–H and O–H groups in total. The monoisotopic (exact) mass is 436 g/mol. The fourth-order valence-electron chi connectivity index (χ4n) is 3.67. The average Bonchev–Trinajstić information content (AvgIpc) is 2.69. The van der Waals surface area contributed by atoms with Gasteiger partial charge in [-0.3, -0.25) is 0 Å². The number of fused-ring (bicyclic) bond motifs is 1. The number of hydrogen-bond donors (Lipinski definition) is 1. The molecule has 0 radical (unpaired) electrons. The molecular weight excluding hydrogens is 407 g/mol. The first-order chi connectivity index (χ1) is 14.1. The summed E-state index contributed by atoms with van der Waals surface area (Å²) in [4.78, 5) is 2.01. The molecule has 164 valence electrons. The van der Waals surface area contributed by atoms with Crippen molar-refractivity contribution in [1.29, 1.82) is 0 Å². The van der Waals surface area contributed by atoms with Gasteiger partial charge >= 0.3 is 0 Å². The van der Waals surface area contributed by atoms with Crippen molar-refractivity contribution in [2.24, 2.45) is 5.92 Å². The molecule has 0 bridgehead atoms. The normalized spacial score (nSPS) is 22.6. The number of halogens is 1. The lowest BCUT2D eigenvalue weighted by molar-refractivity contribution is 0.0813. The van der Waals surface area contributed by atoms with Crippen LogP contribution in [0.3, 0.4) is 0 Å². The third-order valence-corrected chi connectivity index (χ3v) is 7.42. The highest BCUT2D eigenvalue weighted by atomic mass is 32.2. The Morgan fingerprint density at radius 3 is 2.60 bits per heavy atom. The van der Waals surface area contributed by atoms with Gasteiger partial charge in [-0.15, -0.1) is 0 Å². The molecule has 3 atom stereocenters. The van der Waals surface area contributed by atoms with E-state index in [2.05, 4.69) is 0 Å². The molecule has 3 rings (SSSR count). The van der Waals surface area contributed by atoms with Gasteiger partial charge < -0.3 is 14.7 Å². The summed E-state index contributed by atoms with van der Waals surface area (Å²) in [5, 5.41) is 9.66. The second kappa shape index (κ2) is 9.01. The van der Waals surface area contributed by atoms with E-state index in [9.17, 15) is 17.9 Å². The van der Waals surface area contributed by atoms with Crippen molar-refractivity contribution in [3.05, 3.63) is 48.3 Å². The number of aliphatic hydroxyl groups excluding tert-OH is 1. The van der Waals surface area contributed by atoms with Crippen LogP contribution < -0.4 is 4.74 Å². The first-order valence-corrected chi connectivity index (χ1v) is 11.4. The molecule has 0 aromatic heterocycles. The summed E-state index contributed by atoms with van der Waals surface area (Å²) in [7, 11) is -0.0529. The summed E-state index contributed by atoms with van der Waals surface area (Å²) in [6.45, 7) is 4.16. The number of nitrogens with zero attached hydrogens (tertiary/aromatic N) is 2. The number of hydrogen-bond acceptors (Lipinski definition) is 5. The Morgan fingerprint density at radius 2 is 1.97 bits per heavy atom. The number of rotatable bonds is 5. The number of benzene rings is 2. The molecule has 1 aliphatic rings. The van der Waals surface area contributed by atoms with Crippen molar-refractivity contribution >= 4 is 10.0 Å². The highest BCUT2D eigenvalue weighted by molar-refractivity contribution is 7.89. The van der Waals surface area contributed by atoms with Gasteiger partial charge in [-0.2, -0.15) is 4.31 Å². The van der Waals surface area contributed by atoms with E-state index >= 15 is 0 Å². The van der Waals surface area contributed by atoms with Crippen molar-refractivity contribution in [2.75, 3.05) is 33.8 Å². The minimum Gasteiger partial charge on any atom is -0.487 e. The van der Waals surface area contributed by atoms with Crippen LogP contribution in [-0.4, -0.2) is 68.7 Å². The quantitative estimate of drug-likeness (QED) is 0.781. The predicted octanol–water partition coefficient (Wildman–Crippen LogP) is 2.82. The molecule has 0 aliphatic carbocycles. The van der Waals surface area contributed by atoms with Crippen LogP contribution in [-0.2, 0) is 10.0 Å². The maximum Gasteiger partial charge on any atom is 0.247 e. The smallest absolute Gasteiger partial charge is 0.247 e. The lowest BCUT2D eigenvalue weighted by Gasteiger charge is -2.37. The Morgan fingerprint density at radius 1 is 1.27 bits per heavy atom. The Kier molecular flexibility index (Phi) is 6.81. The van der Waals surface area contributed by atoms with Crippen LogP contribution in [0.1, 0.15) is 13.8 Å². The molecule has 2 aromatic carbocycles. The maximum atomic E-state index is 14.3. The van der Waals surface area contributed by atoms with Gasteiger partial charge in [-0.25, -0.2) is 12.8 Å². The molecule has 0 spiro atoms. The van der Waals surface area contributed by atoms with Crippen LogP contribution in [0, 0.1) is 11.7 Å². The summed E-state index contributed by atoms with van der Waals surface area (Å²) < 4.78 is 48.7. The summed E-state index contributed by atoms with van der Waals surface area (Å²) in [5.41, 5.74) is 0.918. The lowest BCUT2D eigenvalue weighted by atomic mass is 10.0. The van der Waals surface area contributed by atoms with E-state index < -0.39 is 16.1 Å². The Labute approximate surface area is 177 Å². The Balaban J connectivity index is 2.17. The first-order valence-electron chi connectivity index (χ1n) is 9.98. The highest BCUT2D eigenvalue weighted by Crippen LogP contribution is 2.37. The maximum absolute atomic E-state index is 14.3. The van der Waals surface area contributed by atoms with E-state index in [1.165, 1.54) is 16.4 Å². The zero-order valence-electron chi connectivity index (χ0n) is 17.7. The second-order valence-electron chi connectivity index (χ2n) is 8.14. The van der Waals surface area contributed by atoms with Crippen LogP contribution in [0.5, 0.6) is 5.75 Å². The minimum atomic E-state index is -3.91. The third kappa shape index (κ3) is 4.51. The van der Waals surface area contributed by atoms with Gasteiger partial charge in [0.1, 0.15) is 22.6 Å². The third-order valence-electron chi connectivity index (χ3n) is 5.40. The Hall–Kier alpha value is -2.00. The fourth-order valence-corrected chi connectivity index (χ4v) is 5.49.